The van der Waals surface area contributed by atoms with Gasteiger partial charge in [-0.3, -0.25) is 4.79 Å². The van der Waals surface area contributed by atoms with Gasteiger partial charge in [0, 0.05) is 19.9 Å². The summed E-state index contributed by atoms with van der Waals surface area (Å²) in [5.74, 6) is -1.13. The van der Waals surface area contributed by atoms with Crippen LogP contribution in [0.15, 0.2) is 53.6 Å². The number of halogens is 4. The van der Waals surface area contributed by atoms with E-state index in [-0.39, 0.29) is 10.6 Å². The fourth-order valence-corrected chi connectivity index (χ4v) is 6.66. The molecule has 29 heavy (non-hydrogen) atoms. The minimum absolute atomic E-state index is 0.0435. The molecule has 3 rings (SSSR count). The number of rotatable bonds is 5. The molecule has 1 amide bonds. The lowest BCUT2D eigenvalue weighted by Crippen LogP contribution is -2.15. The molecule has 1 heterocycles. The minimum Gasteiger partial charge on any atom is -0.494 e. The van der Waals surface area contributed by atoms with Gasteiger partial charge >= 0.3 is 5.97 Å². The standard InChI is InChI=1S/C19H11Br4NO4S/c1-28-16-12(22)6-11(21)14(15(16)23)17(25)24-18-13(19(26)27)10(7-29-18)8-2-4-9(20)5-3-8/h2-7H,1H3,(H,24,25)(H,26,27). The van der Waals surface area contributed by atoms with Crippen LogP contribution in [0.2, 0.25) is 0 Å². The number of ether oxygens (including phenoxy) is 1. The van der Waals surface area contributed by atoms with E-state index in [0.29, 0.717) is 30.3 Å². The van der Waals surface area contributed by atoms with E-state index in [1.54, 1.807) is 11.4 Å². The van der Waals surface area contributed by atoms with Crippen molar-refractivity contribution in [2.45, 2.75) is 0 Å². The number of hydrogen-bond acceptors (Lipinski definition) is 4. The van der Waals surface area contributed by atoms with Gasteiger partial charge in [0.2, 0.25) is 0 Å². The van der Waals surface area contributed by atoms with Crippen molar-refractivity contribution in [2.75, 3.05) is 12.4 Å². The van der Waals surface area contributed by atoms with Crippen LogP contribution in [0.1, 0.15) is 20.7 Å². The number of benzene rings is 2. The molecule has 2 aromatic carbocycles. The zero-order chi connectivity index (χ0) is 21.3. The van der Waals surface area contributed by atoms with Crippen molar-refractivity contribution in [2.24, 2.45) is 0 Å². The summed E-state index contributed by atoms with van der Waals surface area (Å²) in [5, 5.41) is 14.5. The highest BCUT2D eigenvalue weighted by molar-refractivity contribution is 9.11. The van der Waals surface area contributed by atoms with E-state index in [1.165, 1.54) is 7.11 Å². The Balaban J connectivity index is 2.02. The molecule has 3 aromatic rings. The van der Waals surface area contributed by atoms with Gasteiger partial charge < -0.3 is 15.2 Å². The Kier molecular flexibility index (Phi) is 7.21. The molecule has 150 valence electrons. The molecule has 0 aliphatic rings. The fourth-order valence-electron chi connectivity index (χ4n) is 2.64. The van der Waals surface area contributed by atoms with Gasteiger partial charge in [0.05, 0.1) is 21.6 Å². The molecule has 0 aliphatic carbocycles. The Hall–Kier alpha value is -1.20. The second kappa shape index (κ2) is 9.30. The molecule has 0 radical (unpaired) electrons. The SMILES string of the molecule is COc1c(Br)cc(Br)c(C(=O)Nc2scc(-c3ccc(Br)cc3)c2C(=O)O)c1Br. The molecule has 1 aromatic heterocycles. The van der Waals surface area contributed by atoms with Crippen LogP contribution in [-0.2, 0) is 0 Å². The smallest absolute Gasteiger partial charge is 0.339 e. The molecule has 0 unspecified atom stereocenters. The van der Waals surface area contributed by atoms with Crippen LogP contribution >= 0.6 is 75.1 Å². The maximum absolute atomic E-state index is 13.0. The summed E-state index contributed by atoms with van der Waals surface area (Å²) in [7, 11) is 1.49. The number of carbonyl (C=O) groups is 2. The zero-order valence-corrected chi connectivity index (χ0v) is 21.7. The predicted octanol–water partition coefficient (Wildman–Crippen LogP) is 7.42. The summed E-state index contributed by atoms with van der Waals surface area (Å²) in [6.07, 6.45) is 0. The molecule has 0 saturated carbocycles. The highest BCUT2D eigenvalue weighted by Crippen LogP contribution is 2.41. The molecule has 0 saturated heterocycles. The average molecular weight is 669 g/mol. The quantitative estimate of drug-likeness (QED) is 0.297. The van der Waals surface area contributed by atoms with Gasteiger partial charge in [-0.25, -0.2) is 4.79 Å². The van der Waals surface area contributed by atoms with Crippen molar-refractivity contribution in [3.8, 4) is 16.9 Å². The number of amides is 1. The lowest BCUT2D eigenvalue weighted by Gasteiger charge is -2.13. The summed E-state index contributed by atoms with van der Waals surface area (Å²) >= 11 is 14.7. The number of carboxylic acids is 1. The molecule has 0 fully saturated rings. The van der Waals surface area contributed by atoms with Gasteiger partial charge in [0.15, 0.2) is 0 Å². The molecular weight excluding hydrogens is 658 g/mol. The summed E-state index contributed by atoms with van der Waals surface area (Å²) in [6, 6.07) is 8.99. The van der Waals surface area contributed by atoms with E-state index in [0.717, 1.165) is 21.4 Å². The van der Waals surface area contributed by atoms with Crippen LogP contribution in [0.25, 0.3) is 11.1 Å². The zero-order valence-electron chi connectivity index (χ0n) is 14.6. The van der Waals surface area contributed by atoms with Gasteiger partial charge in [-0.15, -0.1) is 11.3 Å². The number of nitrogens with one attached hydrogen (secondary N) is 1. The average Bonchev–Trinajstić information content (AvgIpc) is 3.06. The van der Waals surface area contributed by atoms with Crippen molar-refractivity contribution in [1.82, 2.24) is 0 Å². The lowest BCUT2D eigenvalue weighted by atomic mass is 10.0. The largest absolute Gasteiger partial charge is 0.494 e. The van der Waals surface area contributed by atoms with E-state index in [1.807, 2.05) is 24.3 Å². The van der Waals surface area contributed by atoms with E-state index in [4.69, 9.17) is 4.74 Å². The topological polar surface area (TPSA) is 75.6 Å². The van der Waals surface area contributed by atoms with E-state index in [9.17, 15) is 14.7 Å². The molecule has 10 heteroatoms. The van der Waals surface area contributed by atoms with Crippen LogP contribution in [0, 0.1) is 0 Å². The summed E-state index contributed by atoms with van der Waals surface area (Å²) in [4.78, 5) is 24.9. The highest BCUT2D eigenvalue weighted by Gasteiger charge is 2.25. The van der Waals surface area contributed by atoms with Crippen molar-refractivity contribution >= 4 is 91.9 Å². The van der Waals surface area contributed by atoms with Crippen LogP contribution in [-0.4, -0.2) is 24.1 Å². The number of carboxylic acid groups (broad SMARTS) is 1. The Bertz CT molecular complexity index is 1110. The van der Waals surface area contributed by atoms with E-state index < -0.39 is 11.9 Å². The van der Waals surface area contributed by atoms with Gasteiger partial charge in [-0.05, 0) is 71.6 Å². The first-order chi connectivity index (χ1) is 13.7. The van der Waals surface area contributed by atoms with Gasteiger partial charge in [0.1, 0.15) is 16.3 Å². The Morgan fingerprint density at radius 2 is 1.69 bits per heavy atom. The summed E-state index contributed by atoms with van der Waals surface area (Å²) < 4.78 is 7.84. The summed E-state index contributed by atoms with van der Waals surface area (Å²) in [5.41, 5.74) is 1.62. The van der Waals surface area contributed by atoms with E-state index >= 15 is 0 Å². The number of anilines is 1. The first-order valence-electron chi connectivity index (χ1n) is 7.88. The third kappa shape index (κ3) is 4.61. The third-order valence-corrected chi connectivity index (χ3v) is 7.34. The predicted molar refractivity (Wildman–Crippen MR) is 128 cm³/mol. The number of thiophene rings is 1. The maximum atomic E-state index is 13.0. The van der Waals surface area contributed by atoms with Crippen LogP contribution < -0.4 is 10.1 Å². The Labute approximate surface area is 204 Å². The van der Waals surface area contributed by atoms with Crippen molar-refractivity contribution in [1.29, 1.82) is 0 Å². The molecule has 0 aliphatic heterocycles. The van der Waals surface area contributed by atoms with Gasteiger partial charge in [-0.1, -0.05) is 28.1 Å². The number of carbonyl (C=O) groups excluding carboxylic acids is 1. The van der Waals surface area contributed by atoms with Crippen molar-refractivity contribution < 1.29 is 19.4 Å². The van der Waals surface area contributed by atoms with Gasteiger partial charge in [-0.2, -0.15) is 0 Å². The Morgan fingerprint density at radius 1 is 1.03 bits per heavy atom. The fraction of sp³-hybridized carbons (Fsp3) is 0.0526. The summed E-state index contributed by atoms with van der Waals surface area (Å²) in [6.45, 7) is 0. The first kappa shape index (κ1) is 22.5. The lowest BCUT2D eigenvalue weighted by molar-refractivity contribution is 0.0699. The molecule has 0 spiro atoms. The molecular formula is C19H11Br4NO4S. The molecule has 0 atom stereocenters. The second-order valence-corrected chi connectivity index (χ2v) is 9.98. The van der Waals surface area contributed by atoms with Crippen molar-refractivity contribution in [3.63, 3.8) is 0 Å². The van der Waals surface area contributed by atoms with Crippen LogP contribution in [0.3, 0.4) is 0 Å². The van der Waals surface area contributed by atoms with Crippen LogP contribution in [0.5, 0.6) is 5.75 Å². The van der Waals surface area contributed by atoms with Crippen molar-refractivity contribution in [3.05, 3.63) is 64.7 Å². The number of methoxy groups -OCH3 is 1. The van der Waals surface area contributed by atoms with Gasteiger partial charge in [0.25, 0.3) is 5.91 Å². The first-order valence-corrected chi connectivity index (χ1v) is 11.9. The second-order valence-electron chi connectivity index (χ2n) is 5.68. The Morgan fingerprint density at radius 3 is 2.28 bits per heavy atom. The minimum atomic E-state index is -1.12. The third-order valence-electron chi connectivity index (χ3n) is 3.95. The normalized spacial score (nSPS) is 10.7. The molecule has 2 N–H and O–H groups in total. The monoisotopic (exact) mass is 665 g/mol. The molecule has 5 nitrogen and oxygen atoms in total. The number of hydrogen-bond donors (Lipinski definition) is 2. The number of aromatic carboxylic acids is 1. The molecule has 0 bridgehead atoms. The highest BCUT2D eigenvalue weighted by atomic mass is 79.9. The van der Waals surface area contributed by atoms with Crippen LogP contribution in [0.4, 0.5) is 5.00 Å². The maximum Gasteiger partial charge on any atom is 0.339 e. The van der Waals surface area contributed by atoms with E-state index in [2.05, 4.69) is 69.0 Å².